The number of benzene rings is 2. The number of para-hydroxylation sites is 2. The van der Waals surface area contributed by atoms with Gasteiger partial charge in [0.15, 0.2) is 5.69 Å². The second-order valence-corrected chi connectivity index (χ2v) is 5.23. The normalized spacial score (nSPS) is 10.3. The van der Waals surface area contributed by atoms with Gasteiger partial charge in [-0.05, 0) is 18.1 Å². The highest BCUT2D eigenvalue weighted by Crippen LogP contribution is 2.29. The largest absolute Gasteiger partial charge is 0.294 e. The van der Waals surface area contributed by atoms with Gasteiger partial charge in [0.2, 0.25) is 0 Å². The lowest BCUT2D eigenvalue weighted by Crippen LogP contribution is -2.03. The summed E-state index contributed by atoms with van der Waals surface area (Å²) in [5, 5.41) is 24.7. The molecule has 6 heteroatoms. The van der Waals surface area contributed by atoms with Crippen molar-refractivity contribution in [3.05, 3.63) is 76.0 Å². The van der Waals surface area contributed by atoms with E-state index in [1.165, 1.54) is 16.3 Å². The second kappa shape index (κ2) is 6.34. The number of rotatable bonds is 4. The van der Waals surface area contributed by atoms with Gasteiger partial charge >= 0.3 is 0 Å². The maximum absolute atomic E-state index is 11.3. The summed E-state index contributed by atoms with van der Waals surface area (Å²) in [5.41, 5.74) is 3.16. The Hall–Kier alpha value is -3.46. The van der Waals surface area contributed by atoms with Crippen molar-refractivity contribution in [2.45, 2.75) is 13.3 Å². The molecule has 0 aliphatic rings. The molecule has 0 bridgehead atoms. The quantitative estimate of drug-likeness (QED) is 0.539. The molecule has 0 N–H and O–H groups in total. The first-order chi connectivity index (χ1) is 11.6. The highest BCUT2D eigenvalue weighted by molar-refractivity contribution is 5.66. The third kappa shape index (κ3) is 2.75. The molecule has 0 fully saturated rings. The lowest BCUT2D eigenvalue weighted by atomic mass is 10.1. The van der Waals surface area contributed by atoms with Crippen molar-refractivity contribution >= 4 is 5.69 Å². The highest BCUT2D eigenvalue weighted by atomic mass is 16.6. The van der Waals surface area contributed by atoms with E-state index >= 15 is 0 Å². The Morgan fingerprint density at radius 1 is 1.21 bits per heavy atom. The number of nitriles is 1. The van der Waals surface area contributed by atoms with Gasteiger partial charge in [-0.1, -0.05) is 43.3 Å². The summed E-state index contributed by atoms with van der Waals surface area (Å²) in [4.78, 5) is 10.9. The zero-order valence-corrected chi connectivity index (χ0v) is 13.0. The van der Waals surface area contributed by atoms with Crippen molar-refractivity contribution < 1.29 is 4.92 Å². The minimum Gasteiger partial charge on any atom is -0.258 e. The molecule has 0 saturated carbocycles. The van der Waals surface area contributed by atoms with Crippen LogP contribution < -0.4 is 0 Å². The molecule has 0 aliphatic carbocycles. The van der Waals surface area contributed by atoms with Crippen LogP contribution in [0.2, 0.25) is 0 Å². The van der Waals surface area contributed by atoms with Crippen molar-refractivity contribution in [2.24, 2.45) is 0 Å². The third-order valence-corrected chi connectivity index (χ3v) is 3.79. The van der Waals surface area contributed by atoms with Gasteiger partial charge in [-0.25, -0.2) is 4.68 Å². The fraction of sp³-hybridized carbons (Fsp3) is 0.111. The van der Waals surface area contributed by atoms with Gasteiger partial charge in [0.1, 0.15) is 11.8 Å². The molecule has 24 heavy (non-hydrogen) atoms. The Bertz CT molecular complexity index is 936. The smallest absolute Gasteiger partial charge is 0.258 e. The average molecular weight is 318 g/mol. The highest BCUT2D eigenvalue weighted by Gasteiger charge is 2.19. The monoisotopic (exact) mass is 318 g/mol. The van der Waals surface area contributed by atoms with E-state index in [2.05, 4.69) is 12.0 Å². The van der Waals surface area contributed by atoms with Crippen LogP contribution in [0.25, 0.3) is 16.9 Å². The van der Waals surface area contributed by atoms with Crippen LogP contribution in [0.15, 0.2) is 54.6 Å². The molecule has 0 atom stereocenters. The van der Waals surface area contributed by atoms with E-state index in [4.69, 9.17) is 0 Å². The molecule has 3 aromatic rings. The van der Waals surface area contributed by atoms with Gasteiger partial charge in [0.25, 0.3) is 5.69 Å². The van der Waals surface area contributed by atoms with Crippen LogP contribution >= 0.6 is 0 Å². The minimum atomic E-state index is -0.451. The Morgan fingerprint density at radius 3 is 2.54 bits per heavy atom. The van der Waals surface area contributed by atoms with Gasteiger partial charge in [0.05, 0.1) is 10.6 Å². The van der Waals surface area contributed by atoms with E-state index in [0.717, 1.165) is 12.0 Å². The second-order valence-electron chi connectivity index (χ2n) is 5.23. The van der Waals surface area contributed by atoms with Gasteiger partial charge < -0.3 is 0 Å². The van der Waals surface area contributed by atoms with Gasteiger partial charge in [-0.15, -0.1) is 0 Å². The number of aromatic nitrogens is 2. The summed E-state index contributed by atoms with van der Waals surface area (Å²) in [6.07, 6.45) is 0.924. The Balaban J connectivity index is 2.21. The average Bonchev–Trinajstić information content (AvgIpc) is 3.06. The number of nitrogens with zero attached hydrogens (tertiary/aromatic N) is 4. The topological polar surface area (TPSA) is 84.8 Å². The van der Waals surface area contributed by atoms with Crippen molar-refractivity contribution in [3.8, 4) is 23.0 Å². The first-order valence-electron chi connectivity index (χ1n) is 7.47. The van der Waals surface area contributed by atoms with E-state index in [1.54, 1.807) is 24.3 Å². The summed E-state index contributed by atoms with van der Waals surface area (Å²) < 4.78 is 1.46. The van der Waals surface area contributed by atoms with E-state index in [1.807, 2.05) is 30.3 Å². The maximum atomic E-state index is 11.3. The first kappa shape index (κ1) is 15.4. The van der Waals surface area contributed by atoms with Gasteiger partial charge in [0, 0.05) is 17.7 Å². The molecule has 118 valence electrons. The molecule has 0 amide bonds. The fourth-order valence-electron chi connectivity index (χ4n) is 2.53. The molecule has 0 unspecified atom stereocenters. The molecule has 0 spiro atoms. The minimum absolute atomic E-state index is 0.0588. The Kier molecular flexibility index (Phi) is 4.08. The van der Waals surface area contributed by atoms with Crippen LogP contribution in [0.5, 0.6) is 0 Å². The van der Waals surface area contributed by atoms with Crippen LogP contribution in [0.3, 0.4) is 0 Å². The number of nitro groups is 1. The van der Waals surface area contributed by atoms with Crippen LogP contribution in [-0.4, -0.2) is 14.7 Å². The van der Waals surface area contributed by atoms with Crippen LogP contribution in [0.1, 0.15) is 18.2 Å². The number of aryl methyl sites for hydroxylation is 1. The molecule has 6 nitrogen and oxygen atoms in total. The zero-order chi connectivity index (χ0) is 17.1. The van der Waals surface area contributed by atoms with E-state index in [0.29, 0.717) is 11.4 Å². The molecular weight excluding hydrogens is 304 g/mol. The van der Waals surface area contributed by atoms with Crippen molar-refractivity contribution in [1.29, 1.82) is 5.26 Å². The molecule has 0 aliphatic heterocycles. The molecule has 3 rings (SSSR count). The number of hydrogen-bond donors (Lipinski definition) is 0. The molecule has 0 radical (unpaired) electrons. The van der Waals surface area contributed by atoms with Crippen LogP contribution in [0.4, 0.5) is 5.69 Å². The lowest BCUT2D eigenvalue weighted by molar-refractivity contribution is -0.384. The number of hydrogen-bond acceptors (Lipinski definition) is 4. The summed E-state index contributed by atoms with van der Waals surface area (Å²) in [5.74, 6) is 0. The Morgan fingerprint density at radius 2 is 1.92 bits per heavy atom. The SMILES string of the molecule is CCc1ccc(-c2cc(C#N)nn2-c2ccccc2[N+](=O)[O-])cc1. The predicted molar refractivity (Wildman–Crippen MR) is 89.7 cm³/mol. The van der Waals surface area contributed by atoms with Crippen molar-refractivity contribution in [3.63, 3.8) is 0 Å². The van der Waals surface area contributed by atoms with E-state index < -0.39 is 4.92 Å². The standard InChI is InChI=1S/C18H14N4O2/c1-2-13-7-9-14(10-8-13)18-11-15(12-19)20-21(18)16-5-3-4-6-17(16)22(23)24/h3-11H,2H2,1H3. The molecule has 1 aromatic heterocycles. The van der Waals surface area contributed by atoms with Gasteiger partial charge in [-0.3, -0.25) is 10.1 Å². The maximum Gasteiger partial charge on any atom is 0.294 e. The molecule has 2 aromatic carbocycles. The van der Waals surface area contributed by atoms with E-state index in [9.17, 15) is 15.4 Å². The van der Waals surface area contributed by atoms with Crippen molar-refractivity contribution in [2.75, 3.05) is 0 Å². The molecule has 0 saturated heterocycles. The van der Waals surface area contributed by atoms with Crippen LogP contribution in [-0.2, 0) is 6.42 Å². The third-order valence-electron chi connectivity index (χ3n) is 3.79. The van der Waals surface area contributed by atoms with Gasteiger partial charge in [-0.2, -0.15) is 10.4 Å². The molecular formula is C18H14N4O2. The summed E-state index contributed by atoms with van der Waals surface area (Å²) >= 11 is 0. The Labute approximate surface area is 138 Å². The molecule has 1 heterocycles. The number of nitro benzene ring substituents is 1. The van der Waals surface area contributed by atoms with Crippen molar-refractivity contribution in [1.82, 2.24) is 9.78 Å². The predicted octanol–water partition coefficient (Wildman–Crippen LogP) is 3.88. The van der Waals surface area contributed by atoms with E-state index in [-0.39, 0.29) is 11.4 Å². The zero-order valence-electron chi connectivity index (χ0n) is 13.0. The summed E-state index contributed by atoms with van der Waals surface area (Å²) in [6.45, 7) is 2.07. The first-order valence-corrected chi connectivity index (χ1v) is 7.47. The summed E-state index contributed by atoms with van der Waals surface area (Å²) in [7, 11) is 0. The summed E-state index contributed by atoms with van der Waals surface area (Å²) in [6, 6.07) is 17.9. The lowest BCUT2D eigenvalue weighted by Gasteiger charge is -2.08. The van der Waals surface area contributed by atoms with Crippen LogP contribution in [0, 0.1) is 21.4 Å². The fourth-order valence-corrected chi connectivity index (χ4v) is 2.53.